The van der Waals surface area contributed by atoms with Crippen LogP contribution in [0.25, 0.3) is 0 Å². The van der Waals surface area contributed by atoms with Gasteiger partial charge in [-0.25, -0.2) is 0 Å². The molecule has 15 heavy (non-hydrogen) atoms. The standard InChI is InChI=1S/C11H22N2O2/c1-9-8-10(5-6-13(9)2)12-11(15)4-3-7-14/h9-10,14H,3-8H2,1-2H3,(H,12,15). The summed E-state index contributed by atoms with van der Waals surface area (Å²) in [6, 6.07) is 0.865. The van der Waals surface area contributed by atoms with E-state index in [1.54, 1.807) is 0 Å². The number of hydrogen-bond donors (Lipinski definition) is 2. The number of aliphatic hydroxyl groups excluding tert-OH is 1. The minimum absolute atomic E-state index is 0.0748. The van der Waals surface area contributed by atoms with E-state index in [0.29, 0.717) is 24.9 Å². The van der Waals surface area contributed by atoms with Crippen LogP contribution < -0.4 is 5.32 Å². The van der Waals surface area contributed by atoms with Crippen molar-refractivity contribution >= 4 is 5.91 Å². The van der Waals surface area contributed by atoms with E-state index >= 15 is 0 Å². The maximum atomic E-state index is 11.4. The van der Waals surface area contributed by atoms with Gasteiger partial charge in [0.15, 0.2) is 0 Å². The molecule has 1 saturated heterocycles. The van der Waals surface area contributed by atoms with Crippen molar-refractivity contribution in [2.75, 3.05) is 20.2 Å². The average molecular weight is 214 g/mol. The van der Waals surface area contributed by atoms with E-state index in [2.05, 4.69) is 24.2 Å². The molecule has 2 atom stereocenters. The Bertz CT molecular complexity index is 209. The second kappa shape index (κ2) is 6.08. The molecule has 0 aromatic carbocycles. The van der Waals surface area contributed by atoms with Crippen LogP contribution >= 0.6 is 0 Å². The molecule has 4 nitrogen and oxygen atoms in total. The molecule has 0 radical (unpaired) electrons. The number of piperidine rings is 1. The first-order valence-corrected chi connectivity index (χ1v) is 5.74. The molecule has 0 aromatic rings. The molecule has 88 valence electrons. The van der Waals surface area contributed by atoms with Crippen LogP contribution in [0.3, 0.4) is 0 Å². The fourth-order valence-electron chi connectivity index (χ4n) is 1.96. The fraction of sp³-hybridized carbons (Fsp3) is 0.909. The zero-order valence-electron chi connectivity index (χ0n) is 9.70. The van der Waals surface area contributed by atoms with Crippen molar-refractivity contribution in [3.63, 3.8) is 0 Å². The SMILES string of the molecule is CC1CC(NC(=O)CCCO)CCN1C. The molecule has 0 spiro atoms. The molecule has 0 bridgehead atoms. The van der Waals surface area contributed by atoms with Gasteiger partial charge < -0.3 is 15.3 Å². The van der Waals surface area contributed by atoms with Crippen molar-refractivity contribution in [1.82, 2.24) is 10.2 Å². The summed E-state index contributed by atoms with van der Waals surface area (Å²) >= 11 is 0. The molecule has 0 aliphatic carbocycles. The molecule has 0 aromatic heterocycles. The summed E-state index contributed by atoms with van der Waals surface area (Å²) in [4.78, 5) is 13.7. The molecule has 0 saturated carbocycles. The molecule has 1 aliphatic heterocycles. The highest BCUT2D eigenvalue weighted by atomic mass is 16.3. The van der Waals surface area contributed by atoms with Gasteiger partial charge in [0, 0.05) is 31.7 Å². The van der Waals surface area contributed by atoms with Gasteiger partial charge in [0.25, 0.3) is 0 Å². The van der Waals surface area contributed by atoms with Gasteiger partial charge in [0.2, 0.25) is 5.91 Å². The summed E-state index contributed by atoms with van der Waals surface area (Å²) < 4.78 is 0. The zero-order valence-corrected chi connectivity index (χ0v) is 9.70. The Hall–Kier alpha value is -0.610. The normalized spacial score (nSPS) is 27.7. The lowest BCUT2D eigenvalue weighted by Crippen LogP contribution is -2.47. The van der Waals surface area contributed by atoms with Gasteiger partial charge in [-0.2, -0.15) is 0 Å². The predicted molar refractivity (Wildman–Crippen MR) is 59.6 cm³/mol. The number of carbonyl (C=O) groups is 1. The number of hydrogen-bond acceptors (Lipinski definition) is 3. The fourth-order valence-corrected chi connectivity index (χ4v) is 1.96. The first-order chi connectivity index (χ1) is 7.13. The highest BCUT2D eigenvalue weighted by Crippen LogP contribution is 2.15. The summed E-state index contributed by atoms with van der Waals surface area (Å²) in [5.74, 6) is 0.0748. The monoisotopic (exact) mass is 214 g/mol. The molecule has 1 aliphatic rings. The quantitative estimate of drug-likeness (QED) is 0.710. The lowest BCUT2D eigenvalue weighted by molar-refractivity contribution is -0.122. The number of rotatable bonds is 4. The van der Waals surface area contributed by atoms with Crippen LogP contribution in [-0.4, -0.2) is 48.2 Å². The second-order valence-electron chi connectivity index (χ2n) is 4.45. The van der Waals surface area contributed by atoms with Crippen molar-refractivity contribution in [1.29, 1.82) is 0 Å². The van der Waals surface area contributed by atoms with Crippen molar-refractivity contribution in [2.24, 2.45) is 0 Å². The molecule has 2 unspecified atom stereocenters. The van der Waals surface area contributed by atoms with E-state index in [1.165, 1.54) is 0 Å². The predicted octanol–water partition coefficient (Wildman–Crippen LogP) is 0.358. The summed E-state index contributed by atoms with van der Waals surface area (Å²) in [5, 5.41) is 11.6. The highest BCUT2D eigenvalue weighted by Gasteiger charge is 2.23. The molecular formula is C11H22N2O2. The number of nitrogens with one attached hydrogen (secondary N) is 1. The third kappa shape index (κ3) is 4.18. The van der Waals surface area contributed by atoms with E-state index in [4.69, 9.17) is 5.11 Å². The van der Waals surface area contributed by atoms with Crippen molar-refractivity contribution in [2.45, 2.75) is 44.7 Å². The Balaban J connectivity index is 2.24. The number of nitrogens with zero attached hydrogens (tertiary/aromatic N) is 1. The number of aliphatic hydroxyl groups is 1. The Labute approximate surface area is 91.6 Å². The maximum absolute atomic E-state index is 11.4. The largest absolute Gasteiger partial charge is 0.396 e. The molecule has 1 fully saturated rings. The maximum Gasteiger partial charge on any atom is 0.220 e. The van der Waals surface area contributed by atoms with E-state index < -0.39 is 0 Å². The lowest BCUT2D eigenvalue weighted by atomic mass is 9.99. The minimum Gasteiger partial charge on any atom is -0.396 e. The summed E-state index contributed by atoms with van der Waals surface area (Å²) in [6.45, 7) is 3.33. The van der Waals surface area contributed by atoms with Gasteiger partial charge in [-0.15, -0.1) is 0 Å². The van der Waals surface area contributed by atoms with Crippen LogP contribution in [0.4, 0.5) is 0 Å². The highest BCUT2D eigenvalue weighted by molar-refractivity contribution is 5.76. The van der Waals surface area contributed by atoms with Gasteiger partial charge in [-0.1, -0.05) is 0 Å². The first kappa shape index (κ1) is 12.5. The second-order valence-corrected chi connectivity index (χ2v) is 4.45. The van der Waals surface area contributed by atoms with Crippen molar-refractivity contribution in [3.05, 3.63) is 0 Å². The van der Waals surface area contributed by atoms with Crippen molar-refractivity contribution in [3.8, 4) is 0 Å². The zero-order chi connectivity index (χ0) is 11.3. The van der Waals surface area contributed by atoms with Gasteiger partial charge in [-0.05, 0) is 33.2 Å². The van der Waals surface area contributed by atoms with Gasteiger partial charge in [-0.3, -0.25) is 4.79 Å². The van der Waals surface area contributed by atoms with Crippen LogP contribution in [0.5, 0.6) is 0 Å². The van der Waals surface area contributed by atoms with E-state index in [-0.39, 0.29) is 12.5 Å². The van der Waals surface area contributed by atoms with E-state index in [1.807, 2.05) is 0 Å². The van der Waals surface area contributed by atoms with Crippen LogP contribution in [0.15, 0.2) is 0 Å². The molecule has 1 rings (SSSR count). The number of carbonyl (C=O) groups excluding carboxylic acids is 1. The molecule has 1 heterocycles. The van der Waals surface area contributed by atoms with E-state index in [0.717, 1.165) is 19.4 Å². The number of likely N-dealkylation sites (tertiary alicyclic amines) is 1. The van der Waals surface area contributed by atoms with Gasteiger partial charge >= 0.3 is 0 Å². The Morgan fingerprint density at radius 1 is 1.60 bits per heavy atom. The van der Waals surface area contributed by atoms with E-state index in [9.17, 15) is 4.79 Å². The minimum atomic E-state index is 0.0748. The Kier molecular flexibility index (Phi) is 5.05. The Morgan fingerprint density at radius 2 is 2.33 bits per heavy atom. The third-order valence-electron chi connectivity index (χ3n) is 3.14. The molecular weight excluding hydrogens is 192 g/mol. The van der Waals surface area contributed by atoms with Crippen molar-refractivity contribution < 1.29 is 9.90 Å². The molecule has 1 amide bonds. The number of amides is 1. The van der Waals surface area contributed by atoms with Crippen LogP contribution in [-0.2, 0) is 4.79 Å². The van der Waals surface area contributed by atoms with Gasteiger partial charge in [0.05, 0.1) is 0 Å². The first-order valence-electron chi connectivity index (χ1n) is 5.74. The van der Waals surface area contributed by atoms with Gasteiger partial charge in [0.1, 0.15) is 0 Å². The van der Waals surface area contributed by atoms with Crippen LogP contribution in [0, 0.1) is 0 Å². The Morgan fingerprint density at radius 3 is 2.93 bits per heavy atom. The smallest absolute Gasteiger partial charge is 0.220 e. The summed E-state index contributed by atoms with van der Waals surface area (Å²) in [5.41, 5.74) is 0. The molecule has 2 N–H and O–H groups in total. The third-order valence-corrected chi connectivity index (χ3v) is 3.14. The van der Waals surface area contributed by atoms with Crippen LogP contribution in [0.1, 0.15) is 32.6 Å². The lowest BCUT2D eigenvalue weighted by Gasteiger charge is -2.35. The summed E-state index contributed by atoms with van der Waals surface area (Å²) in [6.07, 6.45) is 3.07. The topological polar surface area (TPSA) is 52.6 Å². The summed E-state index contributed by atoms with van der Waals surface area (Å²) in [7, 11) is 2.12. The average Bonchev–Trinajstić information content (AvgIpc) is 2.20. The molecule has 4 heteroatoms. The van der Waals surface area contributed by atoms with Crippen LogP contribution in [0.2, 0.25) is 0 Å².